The van der Waals surface area contributed by atoms with Crippen molar-refractivity contribution in [1.29, 1.82) is 0 Å². The molecule has 0 atom stereocenters. The molecule has 2 nitrogen and oxygen atoms in total. The van der Waals surface area contributed by atoms with Crippen LogP contribution in [0.5, 0.6) is 0 Å². The Kier molecular flexibility index (Phi) is 4.33. The van der Waals surface area contributed by atoms with Crippen LogP contribution < -0.4 is 5.73 Å². The van der Waals surface area contributed by atoms with Gasteiger partial charge in [-0.1, -0.05) is 42.0 Å². The van der Waals surface area contributed by atoms with Crippen LogP contribution in [0.2, 0.25) is 0 Å². The van der Waals surface area contributed by atoms with E-state index in [9.17, 15) is 0 Å². The highest BCUT2D eigenvalue weighted by molar-refractivity contribution is 7.98. The minimum atomic E-state index is 0.412. The normalized spacial score (nSPS) is 10.3. The van der Waals surface area contributed by atoms with Crippen molar-refractivity contribution in [3.05, 3.63) is 59.3 Å². The molecule has 1 aromatic heterocycles. The molecule has 2 rings (SSSR count). The molecular formula is C14H14N2S2. The maximum absolute atomic E-state index is 5.60. The van der Waals surface area contributed by atoms with Crippen LogP contribution in [0.25, 0.3) is 0 Å². The first-order valence-corrected chi connectivity index (χ1v) is 6.99. The molecule has 2 aromatic rings. The number of thioether (sulfide) groups is 1. The Balaban J connectivity index is 2.04. The molecule has 92 valence electrons. The summed E-state index contributed by atoms with van der Waals surface area (Å²) < 4.78 is 0. The van der Waals surface area contributed by atoms with E-state index in [4.69, 9.17) is 18.0 Å². The van der Waals surface area contributed by atoms with E-state index in [1.165, 1.54) is 11.1 Å². The van der Waals surface area contributed by atoms with Crippen molar-refractivity contribution in [3.63, 3.8) is 0 Å². The summed E-state index contributed by atoms with van der Waals surface area (Å²) in [6.45, 7) is 2.09. The lowest BCUT2D eigenvalue weighted by Gasteiger charge is -2.04. The second-order valence-electron chi connectivity index (χ2n) is 4.02. The molecule has 0 fully saturated rings. The molecule has 0 aliphatic carbocycles. The summed E-state index contributed by atoms with van der Waals surface area (Å²) in [6.07, 6.45) is 1.74. The molecule has 0 saturated carbocycles. The van der Waals surface area contributed by atoms with Gasteiger partial charge in [-0.15, -0.1) is 11.8 Å². The molecule has 0 unspecified atom stereocenters. The molecule has 0 bridgehead atoms. The van der Waals surface area contributed by atoms with Crippen LogP contribution in [-0.2, 0) is 5.75 Å². The van der Waals surface area contributed by atoms with Crippen molar-refractivity contribution in [3.8, 4) is 0 Å². The van der Waals surface area contributed by atoms with E-state index in [-0.39, 0.29) is 0 Å². The predicted molar refractivity (Wildman–Crippen MR) is 80.9 cm³/mol. The van der Waals surface area contributed by atoms with Gasteiger partial charge in [0.05, 0.1) is 5.03 Å². The van der Waals surface area contributed by atoms with Gasteiger partial charge < -0.3 is 5.73 Å². The fraction of sp³-hybridized carbons (Fsp3) is 0.143. The number of hydrogen-bond acceptors (Lipinski definition) is 3. The van der Waals surface area contributed by atoms with Gasteiger partial charge in [-0.25, -0.2) is 4.98 Å². The molecule has 0 saturated heterocycles. The van der Waals surface area contributed by atoms with Gasteiger partial charge in [-0.2, -0.15) is 0 Å². The molecule has 0 spiro atoms. The van der Waals surface area contributed by atoms with Crippen LogP contribution in [0.3, 0.4) is 0 Å². The lowest BCUT2D eigenvalue weighted by atomic mass is 10.2. The smallest absolute Gasteiger partial charge is 0.104 e. The van der Waals surface area contributed by atoms with Crippen LogP contribution in [0.15, 0.2) is 47.6 Å². The van der Waals surface area contributed by atoms with Crippen LogP contribution in [0.1, 0.15) is 16.7 Å². The Morgan fingerprint density at radius 2 is 2.00 bits per heavy atom. The van der Waals surface area contributed by atoms with Crippen LogP contribution in [0.4, 0.5) is 0 Å². The largest absolute Gasteiger partial charge is 0.389 e. The Bertz CT molecular complexity index is 550. The minimum absolute atomic E-state index is 0.412. The molecule has 4 heteroatoms. The maximum atomic E-state index is 5.60. The molecule has 0 aliphatic heterocycles. The van der Waals surface area contributed by atoms with Gasteiger partial charge in [0.1, 0.15) is 4.99 Å². The number of nitrogens with two attached hydrogens (primary N) is 1. The maximum Gasteiger partial charge on any atom is 0.104 e. The Labute approximate surface area is 117 Å². The number of aryl methyl sites for hydroxylation is 1. The number of hydrogen-bond donors (Lipinski definition) is 1. The van der Waals surface area contributed by atoms with Gasteiger partial charge in [-0.3, -0.25) is 0 Å². The molecular weight excluding hydrogens is 260 g/mol. The second kappa shape index (κ2) is 5.98. The highest BCUT2D eigenvalue weighted by atomic mass is 32.2. The zero-order valence-corrected chi connectivity index (χ0v) is 11.7. The standard InChI is InChI=1S/C14H14N2S2/c1-10-2-4-11(5-3-10)9-18-13-8-12(14(15)17)6-7-16-13/h2-8H,9H2,1H3,(H2,15,17). The first-order chi connectivity index (χ1) is 8.65. The average molecular weight is 274 g/mol. The zero-order chi connectivity index (χ0) is 13.0. The van der Waals surface area contributed by atoms with Gasteiger partial charge in [0.15, 0.2) is 0 Å². The Hall–Kier alpha value is -1.39. The third-order valence-electron chi connectivity index (χ3n) is 2.53. The van der Waals surface area contributed by atoms with Gasteiger partial charge in [0.25, 0.3) is 0 Å². The summed E-state index contributed by atoms with van der Waals surface area (Å²) in [6, 6.07) is 12.3. The number of thiocarbonyl (C=S) groups is 1. The monoisotopic (exact) mass is 274 g/mol. The quantitative estimate of drug-likeness (QED) is 0.686. The fourth-order valence-electron chi connectivity index (χ4n) is 1.48. The van der Waals surface area contributed by atoms with Crippen molar-refractivity contribution < 1.29 is 0 Å². The van der Waals surface area contributed by atoms with E-state index in [2.05, 4.69) is 36.2 Å². The van der Waals surface area contributed by atoms with Crippen molar-refractivity contribution in [2.75, 3.05) is 0 Å². The first kappa shape index (κ1) is 13.1. The molecule has 18 heavy (non-hydrogen) atoms. The highest BCUT2D eigenvalue weighted by Crippen LogP contribution is 2.21. The molecule has 0 radical (unpaired) electrons. The fourth-order valence-corrected chi connectivity index (χ4v) is 2.46. The van der Waals surface area contributed by atoms with E-state index in [0.29, 0.717) is 4.99 Å². The summed E-state index contributed by atoms with van der Waals surface area (Å²) in [4.78, 5) is 4.71. The average Bonchev–Trinajstić information content (AvgIpc) is 2.38. The van der Waals surface area contributed by atoms with E-state index < -0.39 is 0 Å². The van der Waals surface area contributed by atoms with E-state index in [1.54, 1.807) is 18.0 Å². The predicted octanol–water partition coefficient (Wildman–Crippen LogP) is 3.32. The summed E-state index contributed by atoms with van der Waals surface area (Å²) in [5, 5.41) is 0.945. The van der Waals surface area contributed by atoms with Crippen molar-refractivity contribution in [2.24, 2.45) is 5.73 Å². The summed E-state index contributed by atoms with van der Waals surface area (Å²) in [7, 11) is 0. The van der Waals surface area contributed by atoms with E-state index in [0.717, 1.165) is 16.3 Å². The Morgan fingerprint density at radius 3 is 2.67 bits per heavy atom. The first-order valence-electron chi connectivity index (χ1n) is 5.59. The van der Waals surface area contributed by atoms with Gasteiger partial charge in [0.2, 0.25) is 0 Å². The van der Waals surface area contributed by atoms with Crippen molar-refractivity contribution >= 4 is 29.0 Å². The van der Waals surface area contributed by atoms with Crippen LogP contribution in [-0.4, -0.2) is 9.97 Å². The number of rotatable bonds is 4. The number of aromatic nitrogens is 1. The lowest BCUT2D eigenvalue weighted by molar-refractivity contribution is 1.13. The number of benzene rings is 1. The van der Waals surface area contributed by atoms with Crippen LogP contribution in [0, 0.1) is 6.92 Å². The summed E-state index contributed by atoms with van der Waals surface area (Å²) >= 11 is 6.64. The SMILES string of the molecule is Cc1ccc(CSc2cc(C(N)=S)ccn2)cc1. The molecule has 0 aliphatic rings. The number of nitrogens with zero attached hydrogens (tertiary/aromatic N) is 1. The summed E-state index contributed by atoms with van der Waals surface area (Å²) in [5.74, 6) is 0.897. The van der Waals surface area contributed by atoms with Gasteiger partial charge >= 0.3 is 0 Å². The summed E-state index contributed by atoms with van der Waals surface area (Å²) in [5.41, 5.74) is 9.03. The molecule has 2 N–H and O–H groups in total. The number of pyridine rings is 1. The molecule has 0 amide bonds. The third kappa shape index (κ3) is 3.55. The second-order valence-corrected chi connectivity index (χ2v) is 5.46. The molecule has 1 heterocycles. The highest BCUT2D eigenvalue weighted by Gasteiger charge is 2.01. The van der Waals surface area contributed by atoms with Gasteiger partial charge in [0, 0.05) is 17.5 Å². The topological polar surface area (TPSA) is 38.9 Å². The van der Waals surface area contributed by atoms with Crippen molar-refractivity contribution in [2.45, 2.75) is 17.7 Å². The Morgan fingerprint density at radius 1 is 1.28 bits per heavy atom. The lowest BCUT2D eigenvalue weighted by Crippen LogP contribution is -2.09. The third-order valence-corrected chi connectivity index (χ3v) is 3.76. The van der Waals surface area contributed by atoms with Gasteiger partial charge in [-0.05, 0) is 24.6 Å². The van der Waals surface area contributed by atoms with Crippen LogP contribution >= 0.6 is 24.0 Å². The van der Waals surface area contributed by atoms with E-state index in [1.807, 2.05) is 12.1 Å². The minimum Gasteiger partial charge on any atom is -0.389 e. The van der Waals surface area contributed by atoms with Crippen molar-refractivity contribution in [1.82, 2.24) is 4.98 Å². The molecule has 1 aromatic carbocycles. The van der Waals surface area contributed by atoms with E-state index >= 15 is 0 Å². The zero-order valence-electron chi connectivity index (χ0n) is 10.1.